The summed E-state index contributed by atoms with van der Waals surface area (Å²) >= 11 is 6.15. The lowest BCUT2D eigenvalue weighted by Crippen LogP contribution is -2.34. The minimum absolute atomic E-state index is 0.0940. The summed E-state index contributed by atoms with van der Waals surface area (Å²) in [5.41, 5.74) is 0.407. The van der Waals surface area contributed by atoms with Crippen LogP contribution in [0.5, 0.6) is 0 Å². The lowest BCUT2D eigenvalue weighted by molar-refractivity contribution is 0.262. The Morgan fingerprint density at radius 2 is 2.20 bits per heavy atom. The Labute approximate surface area is 125 Å². The summed E-state index contributed by atoms with van der Waals surface area (Å²) in [5.74, 6) is 1.05. The van der Waals surface area contributed by atoms with E-state index >= 15 is 0 Å². The molecule has 1 fully saturated rings. The predicted octanol–water partition coefficient (Wildman–Crippen LogP) is 3.54. The van der Waals surface area contributed by atoms with Crippen LogP contribution < -0.4 is 10.9 Å². The van der Waals surface area contributed by atoms with E-state index in [0.29, 0.717) is 29.1 Å². The second-order valence-electron chi connectivity index (χ2n) is 6.05. The molecule has 1 aliphatic carbocycles. The molecular formula is C15H24ClN3O. The van der Waals surface area contributed by atoms with Gasteiger partial charge < -0.3 is 5.32 Å². The van der Waals surface area contributed by atoms with Crippen molar-refractivity contribution in [2.24, 2.45) is 11.8 Å². The monoisotopic (exact) mass is 297 g/mol. The number of hydrogen-bond donors (Lipinski definition) is 1. The van der Waals surface area contributed by atoms with E-state index < -0.39 is 0 Å². The lowest BCUT2D eigenvalue weighted by atomic mass is 9.85. The summed E-state index contributed by atoms with van der Waals surface area (Å²) in [4.78, 5) is 12.5. The molecule has 0 bridgehead atoms. The molecule has 0 amide bonds. The van der Waals surface area contributed by atoms with E-state index in [1.54, 1.807) is 10.9 Å². The van der Waals surface area contributed by atoms with Gasteiger partial charge in [0.15, 0.2) is 0 Å². The van der Waals surface area contributed by atoms with E-state index in [-0.39, 0.29) is 11.6 Å². The van der Waals surface area contributed by atoms with Gasteiger partial charge in [-0.3, -0.25) is 4.79 Å². The van der Waals surface area contributed by atoms with Gasteiger partial charge in [-0.2, -0.15) is 5.10 Å². The molecule has 1 aliphatic rings. The van der Waals surface area contributed by atoms with Crippen LogP contribution >= 0.6 is 11.6 Å². The van der Waals surface area contributed by atoms with Gasteiger partial charge in [0.2, 0.25) is 0 Å². The summed E-state index contributed by atoms with van der Waals surface area (Å²) in [7, 11) is 0. The zero-order chi connectivity index (χ0) is 14.7. The van der Waals surface area contributed by atoms with Crippen LogP contribution in [0.25, 0.3) is 0 Å². The molecule has 1 saturated carbocycles. The van der Waals surface area contributed by atoms with Gasteiger partial charge in [0.25, 0.3) is 5.56 Å². The maximum Gasteiger partial charge on any atom is 0.291 e. The third-order valence-corrected chi connectivity index (χ3v) is 4.51. The normalized spacial score (nSPS) is 17.1. The molecule has 1 heterocycles. The third-order valence-electron chi connectivity index (χ3n) is 4.23. The summed E-state index contributed by atoms with van der Waals surface area (Å²) in [6, 6.07) is 0.250. The van der Waals surface area contributed by atoms with Crippen LogP contribution in [0.3, 0.4) is 0 Å². The van der Waals surface area contributed by atoms with Crippen molar-refractivity contribution in [3.8, 4) is 0 Å². The van der Waals surface area contributed by atoms with Crippen molar-refractivity contribution < 1.29 is 0 Å². The van der Waals surface area contributed by atoms with Crippen molar-refractivity contribution in [2.45, 2.75) is 59.0 Å². The maximum atomic E-state index is 12.5. The molecular weight excluding hydrogens is 274 g/mol. The highest BCUT2D eigenvalue weighted by molar-refractivity contribution is 6.33. The number of nitrogens with one attached hydrogen (secondary N) is 1. The van der Waals surface area contributed by atoms with Crippen LogP contribution in [0.1, 0.15) is 46.5 Å². The van der Waals surface area contributed by atoms with Crippen molar-refractivity contribution in [1.29, 1.82) is 0 Å². The molecule has 2 rings (SSSR count). The minimum Gasteiger partial charge on any atom is -0.376 e. The minimum atomic E-state index is -0.0940. The average Bonchev–Trinajstić information content (AvgIpc) is 2.35. The van der Waals surface area contributed by atoms with Crippen molar-refractivity contribution in [1.82, 2.24) is 9.78 Å². The zero-order valence-corrected chi connectivity index (χ0v) is 13.3. The van der Waals surface area contributed by atoms with E-state index in [0.717, 1.165) is 6.42 Å². The highest BCUT2D eigenvalue weighted by atomic mass is 35.5. The van der Waals surface area contributed by atoms with E-state index in [2.05, 4.69) is 31.2 Å². The van der Waals surface area contributed by atoms with Gasteiger partial charge in [-0.05, 0) is 31.1 Å². The first-order valence-electron chi connectivity index (χ1n) is 7.55. The fourth-order valence-electron chi connectivity index (χ4n) is 2.57. The van der Waals surface area contributed by atoms with Gasteiger partial charge in [-0.25, -0.2) is 4.68 Å². The first-order valence-corrected chi connectivity index (χ1v) is 7.92. The van der Waals surface area contributed by atoms with Gasteiger partial charge >= 0.3 is 0 Å². The highest BCUT2D eigenvalue weighted by Gasteiger charge is 2.21. The van der Waals surface area contributed by atoms with Crippen molar-refractivity contribution in [3.05, 3.63) is 21.6 Å². The molecule has 0 spiro atoms. The van der Waals surface area contributed by atoms with Crippen LogP contribution in [0.15, 0.2) is 11.0 Å². The SMILES string of the molecule is CCC(Nc1c(Cl)cnn(CC2CCC2)c1=O)C(C)C. The van der Waals surface area contributed by atoms with Gasteiger partial charge in [0.05, 0.1) is 11.2 Å². The molecule has 0 aliphatic heterocycles. The smallest absolute Gasteiger partial charge is 0.291 e. The quantitative estimate of drug-likeness (QED) is 0.873. The zero-order valence-electron chi connectivity index (χ0n) is 12.5. The third kappa shape index (κ3) is 3.35. The number of halogens is 1. The second-order valence-corrected chi connectivity index (χ2v) is 6.46. The van der Waals surface area contributed by atoms with Crippen LogP contribution in [0.4, 0.5) is 5.69 Å². The topological polar surface area (TPSA) is 46.9 Å². The molecule has 20 heavy (non-hydrogen) atoms. The van der Waals surface area contributed by atoms with Crippen molar-refractivity contribution in [3.63, 3.8) is 0 Å². The fraction of sp³-hybridized carbons (Fsp3) is 0.733. The van der Waals surface area contributed by atoms with E-state index in [4.69, 9.17) is 11.6 Å². The molecule has 4 nitrogen and oxygen atoms in total. The van der Waals surface area contributed by atoms with Crippen LogP contribution in [0, 0.1) is 11.8 Å². The number of anilines is 1. The number of rotatable bonds is 6. The highest BCUT2D eigenvalue weighted by Crippen LogP contribution is 2.27. The standard InChI is InChI=1S/C15H24ClN3O/c1-4-13(10(2)3)18-14-12(16)8-17-19(15(14)20)9-11-6-5-7-11/h8,10-11,13,18H,4-7,9H2,1-3H3. The first-order chi connectivity index (χ1) is 9.52. The van der Waals surface area contributed by atoms with Crippen molar-refractivity contribution in [2.75, 3.05) is 5.32 Å². The Morgan fingerprint density at radius 1 is 1.50 bits per heavy atom. The van der Waals surface area contributed by atoms with E-state index in [1.165, 1.54) is 19.3 Å². The Bertz CT molecular complexity index is 508. The summed E-state index contributed by atoms with van der Waals surface area (Å²) < 4.78 is 1.56. The Kier molecular flexibility index (Phi) is 5.08. The molecule has 0 radical (unpaired) electrons. The van der Waals surface area contributed by atoms with E-state index in [1.807, 2.05) is 0 Å². The molecule has 1 N–H and O–H groups in total. The molecule has 112 valence electrons. The molecule has 0 saturated heterocycles. The summed E-state index contributed by atoms with van der Waals surface area (Å²) in [6.45, 7) is 7.11. The summed E-state index contributed by atoms with van der Waals surface area (Å²) in [5, 5.41) is 7.90. The lowest BCUT2D eigenvalue weighted by Gasteiger charge is -2.26. The van der Waals surface area contributed by atoms with Gasteiger partial charge in [-0.15, -0.1) is 0 Å². The molecule has 1 aromatic rings. The van der Waals surface area contributed by atoms with Gasteiger partial charge in [-0.1, -0.05) is 38.8 Å². The Morgan fingerprint density at radius 3 is 2.70 bits per heavy atom. The molecule has 1 unspecified atom stereocenters. The Balaban J connectivity index is 2.22. The number of hydrogen-bond acceptors (Lipinski definition) is 3. The number of aromatic nitrogens is 2. The van der Waals surface area contributed by atoms with E-state index in [9.17, 15) is 4.79 Å². The summed E-state index contributed by atoms with van der Waals surface area (Å²) in [6.07, 6.45) is 6.20. The van der Waals surface area contributed by atoms with Crippen LogP contribution in [-0.2, 0) is 6.54 Å². The number of nitrogens with zero attached hydrogens (tertiary/aromatic N) is 2. The molecule has 1 atom stereocenters. The molecule has 1 aromatic heterocycles. The van der Waals surface area contributed by atoms with Gasteiger partial charge in [0, 0.05) is 12.6 Å². The predicted molar refractivity (Wildman–Crippen MR) is 83.4 cm³/mol. The maximum absolute atomic E-state index is 12.5. The van der Waals surface area contributed by atoms with Gasteiger partial charge in [0.1, 0.15) is 5.69 Å². The van der Waals surface area contributed by atoms with Crippen molar-refractivity contribution >= 4 is 17.3 Å². The largest absolute Gasteiger partial charge is 0.376 e. The average molecular weight is 298 g/mol. The second kappa shape index (κ2) is 6.61. The molecule has 5 heteroatoms. The first kappa shape index (κ1) is 15.4. The van der Waals surface area contributed by atoms with Crippen LogP contribution in [-0.4, -0.2) is 15.8 Å². The Hall–Kier alpha value is -1.03. The fourth-order valence-corrected chi connectivity index (χ4v) is 2.75. The molecule has 0 aromatic carbocycles. The van der Waals surface area contributed by atoms with Crippen LogP contribution in [0.2, 0.25) is 5.02 Å².